The summed E-state index contributed by atoms with van der Waals surface area (Å²) < 4.78 is 0. The van der Waals surface area contributed by atoms with Crippen LogP contribution in [0.3, 0.4) is 0 Å². The van der Waals surface area contributed by atoms with Crippen molar-refractivity contribution in [3.8, 4) is 0 Å². The molecule has 1 aromatic rings. The maximum absolute atomic E-state index is 3.84. The van der Waals surface area contributed by atoms with E-state index in [0.29, 0.717) is 0 Å². The Labute approximate surface area is 101 Å². The van der Waals surface area contributed by atoms with Crippen LogP contribution in [0.25, 0.3) is 0 Å². The summed E-state index contributed by atoms with van der Waals surface area (Å²) in [5.74, 6) is 0. The zero-order chi connectivity index (χ0) is 8.48. The molecule has 0 aliphatic rings. The molecule has 0 heterocycles. The zero-order valence-corrected chi connectivity index (χ0v) is 10.9. The van der Waals surface area contributed by atoms with Gasteiger partial charge < -0.3 is 0 Å². The van der Waals surface area contributed by atoms with Crippen LogP contribution in [0.15, 0.2) is 24.3 Å². The maximum atomic E-state index is 3.84. The first kappa shape index (κ1) is 12.2. The van der Waals surface area contributed by atoms with E-state index in [1.54, 1.807) is 0 Å². The Morgan fingerprint density at radius 3 is 1.75 bits per heavy atom. The van der Waals surface area contributed by atoms with Crippen molar-refractivity contribution in [1.29, 1.82) is 0 Å². The van der Waals surface area contributed by atoms with E-state index in [1.807, 2.05) is 0 Å². The molecular weight excluding hydrogens is 221 g/mol. The van der Waals surface area contributed by atoms with Crippen LogP contribution >= 0.6 is 0 Å². The van der Waals surface area contributed by atoms with Crippen LogP contribution in [-0.4, -0.2) is 0 Å². The van der Waals surface area contributed by atoms with Crippen molar-refractivity contribution < 1.29 is 32.7 Å². The molecule has 0 aliphatic heterocycles. The third-order valence-corrected chi connectivity index (χ3v) is 1.82. The van der Waals surface area contributed by atoms with Gasteiger partial charge in [0, 0.05) is 32.7 Å². The van der Waals surface area contributed by atoms with E-state index < -0.39 is 0 Å². The van der Waals surface area contributed by atoms with Gasteiger partial charge in [0.25, 0.3) is 0 Å². The molecule has 0 spiro atoms. The van der Waals surface area contributed by atoms with Crippen molar-refractivity contribution in [3.05, 3.63) is 42.3 Å². The fourth-order valence-corrected chi connectivity index (χ4v) is 1.00. The van der Waals surface area contributed by atoms with E-state index in [4.69, 9.17) is 0 Å². The summed E-state index contributed by atoms with van der Waals surface area (Å²) >= 11 is 0. The summed E-state index contributed by atoms with van der Waals surface area (Å²) in [6, 6.07) is 8.39. The van der Waals surface area contributed by atoms with Gasteiger partial charge in [-0.3, -0.25) is 0 Å². The Balaban J connectivity index is 0.00000121. The molecule has 0 aromatic heterocycles. The summed E-state index contributed by atoms with van der Waals surface area (Å²) in [6.07, 6.45) is 0. The van der Waals surface area contributed by atoms with Crippen LogP contribution in [0, 0.1) is 6.92 Å². The molecule has 0 amide bonds. The third-order valence-electron chi connectivity index (χ3n) is 1.82. The molecular formula is C11H15Y-. The minimum atomic E-state index is 0. The van der Waals surface area contributed by atoms with Crippen LogP contribution in [0.5, 0.6) is 0 Å². The zero-order valence-electron chi connectivity index (χ0n) is 8.09. The molecule has 63 valence electrons. The smallest absolute Gasteiger partial charge is 0 e. The quantitative estimate of drug-likeness (QED) is 0.607. The minimum Gasteiger partial charge on any atom is -0.199 e. The van der Waals surface area contributed by atoms with Gasteiger partial charge in [-0.2, -0.15) is 24.6 Å². The largest absolute Gasteiger partial charge is 0.199 e. The predicted molar refractivity (Wildman–Crippen MR) is 49.6 cm³/mol. The van der Waals surface area contributed by atoms with Crippen LogP contribution in [-0.2, 0) is 38.1 Å². The van der Waals surface area contributed by atoms with E-state index in [1.165, 1.54) is 5.56 Å². The van der Waals surface area contributed by atoms with Crippen LogP contribution in [0.2, 0.25) is 0 Å². The van der Waals surface area contributed by atoms with Crippen LogP contribution in [0.4, 0.5) is 0 Å². The number of benzene rings is 1. The molecule has 0 fully saturated rings. The first-order valence-electron chi connectivity index (χ1n) is 3.92. The molecule has 0 aliphatic carbocycles. The summed E-state index contributed by atoms with van der Waals surface area (Å²) in [5, 5.41) is 0. The Morgan fingerprint density at radius 1 is 1.00 bits per heavy atom. The monoisotopic (exact) mass is 236 g/mol. The van der Waals surface area contributed by atoms with Crippen molar-refractivity contribution >= 4 is 0 Å². The molecule has 1 rings (SSSR count). The normalized spacial score (nSPS) is 10.6. The summed E-state index contributed by atoms with van der Waals surface area (Å²) in [6.45, 7) is 10.5. The van der Waals surface area contributed by atoms with Gasteiger partial charge in [-0.15, -0.1) is 12.1 Å². The van der Waals surface area contributed by atoms with Gasteiger partial charge in [0.1, 0.15) is 0 Å². The van der Waals surface area contributed by atoms with Crippen molar-refractivity contribution in [2.45, 2.75) is 26.2 Å². The summed E-state index contributed by atoms with van der Waals surface area (Å²) in [5.41, 5.74) is 2.70. The van der Waals surface area contributed by atoms with Crippen molar-refractivity contribution in [1.82, 2.24) is 0 Å². The predicted octanol–water partition coefficient (Wildman–Crippen LogP) is 3.16. The van der Waals surface area contributed by atoms with Gasteiger partial charge in [-0.25, -0.2) is 0 Å². The average molecular weight is 236 g/mol. The molecule has 1 radical (unpaired) electrons. The van der Waals surface area contributed by atoms with E-state index in [2.05, 4.69) is 52.0 Å². The first-order chi connectivity index (χ1) is 5.00. The van der Waals surface area contributed by atoms with E-state index >= 15 is 0 Å². The molecule has 0 saturated carbocycles. The van der Waals surface area contributed by atoms with Gasteiger partial charge in [0.05, 0.1) is 0 Å². The van der Waals surface area contributed by atoms with Gasteiger partial charge >= 0.3 is 0 Å². The second kappa shape index (κ2) is 4.44. The van der Waals surface area contributed by atoms with Gasteiger partial charge in [0.2, 0.25) is 0 Å². The number of hydrogen-bond donors (Lipinski definition) is 0. The Hall–Kier alpha value is 0.194. The Morgan fingerprint density at radius 2 is 1.42 bits per heavy atom. The van der Waals surface area contributed by atoms with Crippen molar-refractivity contribution in [2.24, 2.45) is 0 Å². The summed E-state index contributed by atoms with van der Waals surface area (Å²) in [4.78, 5) is 0. The van der Waals surface area contributed by atoms with E-state index in [0.717, 1.165) is 5.56 Å². The van der Waals surface area contributed by atoms with E-state index in [9.17, 15) is 0 Å². The minimum absolute atomic E-state index is 0. The molecule has 1 heteroatoms. The third kappa shape index (κ3) is 3.29. The molecule has 0 N–H and O–H groups in total. The van der Waals surface area contributed by atoms with Crippen LogP contribution < -0.4 is 0 Å². The topological polar surface area (TPSA) is 0 Å². The SMILES string of the molecule is [CH2-]c1ccc(C(C)(C)C)cc1.[Y]. The van der Waals surface area contributed by atoms with Gasteiger partial charge in [-0.05, 0) is 5.41 Å². The molecule has 0 nitrogen and oxygen atoms in total. The Kier molecular flexibility index (Phi) is 4.51. The fourth-order valence-electron chi connectivity index (χ4n) is 1.00. The molecule has 0 saturated heterocycles. The Bertz CT molecular complexity index is 228. The van der Waals surface area contributed by atoms with Gasteiger partial charge in [0.15, 0.2) is 0 Å². The standard InChI is InChI=1S/C11H15.Y/c1-9-5-7-10(8-6-9)11(2,3)4;/h5-8H,1H2,2-4H3;/q-1;. The van der Waals surface area contributed by atoms with Gasteiger partial charge in [-0.1, -0.05) is 26.3 Å². The fraction of sp³-hybridized carbons (Fsp3) is 0.364. The maximum Gasteiger partial charge on any atom is 0 e. The second-order valence-electron chi connectivity index (χ2n) is 3.95. The molecule has 12 heavy (non-hydrogen) atoms. The number of hydrogen-bond acceptors (Lipinski definition) is 0. The number of rotatable bonds is 0. The molecule has 0 bridgehead atoms. The first-order valence-corrected chi connectivity index (χ1v) is 3.92. The molecule has 0 unspecified atom stereocenters. The molecule has 0 atom stereocenters. The average Bonchev–Trinajstić information content (AvgIpc) is 1.86. The van der Waals surface area contributed by atoms with Crippen molar-refractivity contribution in [3.63, 3.8) is 0 Å². The van der Waals surface area contributed by atoms with E-state index in [-0.39, 0.29) is 38.1 Å². The van der Waals surface area contributed by atoms with Crippen molar-refractivity contribution in [2.75, 3.05) is 0 Å². The molecule has 1 aromatic carbocycles. The summed E-state index contributed by atoms with van der Waals surface area (Å²) in [7, 11) is 0. The second-order valence-corrected chi connectivity index (χ2v) is 3.95. The van der Waals surface area contributed by atoms with Crippen LogP contribution in [0.1, 0.15) is 31.9 Å².